The number of anilines is 2. The van der Waals surface area contributed by atoms with Crippen molar-refractivity contribution in [2.45, 2.75) is 19.4 Å². The molecule has 0 aliphatic carbocycles. The zero-order valence-electron chi connectivity index (χ0n) is 20.5. The molecule has 4 aromatic rings. The number of aromatic amines is 1. The summed E-state index contributed by atoms with van der Waals surface area (Å²) in [5.74, 6) is 0.0428. The van der Waals surface area contributed by atoms with Crippen LogP contribution in [-0.4, -0.2) is 60.1 Å². The van der Waals surface area contributed by atoms with Crippen LogP contribution in [0.5, 0.6) is 0 Å². The van der Waals surface area contributed by atoms with Gasteiger partial charge >= 0.3 is 0 Å². The highest BCUT2D eigenvalue weighted by Gasteiger charge is 2.20. The third kappa shape index (κ3) is 5.12. The van der Waals surface area contributed by atoms with Crippen LogP contribution in [-0.2, 0) is 0 Å². The van der Waals surface area contributed by atoms with E-state index in [9.17, 15) is 9.59 Å². The standard InChI is InChI=1S/C27H30N6O2S/c1-3-22(18-7-5-4-6-8-18)28-26(35)23-17-21-24(30-31-27(21)36-23)29-25(34)19-9-11-20(12-10-19)33-15-13-32(2)14-16-33/h4-12,17,22H,3,13-16H2,1-2H3,(H,28,35)(H2,29,30,31,34)/t22-/m1/s1. The summed E-state index contributed by atoms with van der Waals surface area (Å²) in [5.41, 5.74) is 2.76. The van der Waals surface area contributed by atoms with Gasteiger partial charge in [-0.15, -0.1) is 11.3 Å². The number of rotatable bonds is 7. The molecule has 1 fully saturated rings. The number of hydrogen-bond acceptors (Lipinski definition) is 6. The third-order valence-electron chi connectivity index (χ3n) is 6.63. The van der Waals surface area contributed by atoms with E-state index in [0.29, 0.717) is 16.3 Å². The largest absolute Gasteiger partial charge is 0.369 e. The Morgan fingerprint density at radius 2 is 1.75 bits per heavy atom. The molecular weight excluding hydrogens is 472 g/mol. The number of aromatic nitrogens is 2. The minimum absolute atomic E-state index is 0.0646. The molecule has 1 aliphatic rings. The van der Waals surface area contributed by atoms with E-state index >= 15 is 0 Å². The summed E-state index contributed by atoms with van der Waals surface area (Å²) in [7, 11) is 2.13. The first kappa shape index (κ1) is 24.0. The lowest BCUT2D eigenvalue weighted by Crippen LogP contribution is -2.44. The van der Waals surface area contributed by atoms with Crippen molar-refractivity contribution in [1.29, 1.82) is 0 Å². The van der Waals surface area contributed by atoms with Crippen molar-refractivity contribution >= 4 is 44.9 Å². The average molecular weight is 503 g/mol. The predicted octanol–water partition coefficient (Wildman–Crippen LogP) is 4.51. The van der Waals surface area contributed by atoms with E-state index in [1.165, 1.54) is 11.3 Å². The van der Waals surface area contributed by atoms with Crippen molar-refractivity contribution in [3.8, 4) is 0 Å². The highest BCUT2D eigenvalue weighted by Crippen LogP contribution is 2.30. The summed E-state index contributed by atoms with van der Waals surface area (Å²) < 4.78 is 0. The average Bonchev–Trinajstić information content (AvgIpc) is 3.50. The van der Waals surface area contributed by atoms with E-state index in [1.807, 2.05) is 61.5 Å². The zero-order chi connectivity index (χ0) is 25.1. The first-order valence-electron chi connectivity index (χ1n) is 12.2. The fraction of sp³-hybridized carbons (Fsp3) is 0.296. The second-order valence-corrected chi connectivity index (χ2v) is 10.1. The second kappa shape index (κ2) is 10.5. The van der Waals surface area contributed by atoms with E-state index in [-0.39, 0.29) is 17.9 Å². The van der Waals surface area contributed by atoms with Gasteiger partial charge in [0.15, 0.2) is 5.82 Å². The maximum Gasteiger partial charge on any atom is 0.261 e. The summed E-state index contributed by atoms with van der Waals surface area (Å²) in [6, 6.07) is 19.3. The van der Waals surface area contributed by atoms with Crippen LogP contribution >= 0.6 is 11.3 Å². The Balaban J connectivity index is 1.26. The number of carbonyl (C=O) groups excluding carboxylic acids is 2. The Morgan fingerprint density at radius 1 is 1.03 bits per heavy atom. The number of nitrogens with one attached hydrogen (secondary N) is 3. The summed E-state index contributed by atoms with van der Waals surface area (Å²) in [6.07, 6.45) is 0.787. The van der Waals surface area contributed by atoms with Gasteiger partial charge in [-0.1, -0.05) is 37.3 Å². The molecule has 8 nitrogen and oxygen atoms in total. The molecule has 5 rings (SSSR count). The monoisotopic (exact) mass is 502 g/mol. The summed E-state index contributed by atoms with van der Waals surface area (Å²) >= 11 is 1.32. The molecular formula is C27H30N6O2S. The lowest BCUT2D eigenvalue weighted by molar-refractivity contribution is 0.0939. The normalized spacial score (nSPS) is 15.1. The molecule has 9 heteroatoms. The molecule has 1 aliphatic heterocycles. The summed E-state index contributed by atoms with van der Waals surface area (Å²) in [6.45, 7) is 6.07. The van der Waals surface area contributed by atoms with Crippen molar-refractivity contribution in [2.24, 2.45) is 0 Å². The Bertz CT molecular complexity index is 1340. The number of benzene rings is 2. The van der Waals surface area contributed by atoms with Crippen LogP contribution in [0.1, 0.15) is 45.0 Å². The molecule has 2 aromatic heterocycles. The number of nitrogens with zero attached hydrogens (tertiary/aromatic N) is 3. The Hall–Kier alpha value is -3.69. The molecule has 3 N–H and O–H groups in total. The number of thiophene rings is 1. The molecule has 3 heterocycles. The van der Waals surface area contributed by atoms with Gasteiger partial charge in [-0.3, -0.25) is 14.7 Å². The van der Waals surface area contributed by atoms with Crippen molar-refractivity contribution in [2.75, 3.05) is 43.4 Å². The van der Waals surface area contributed by atoms with Crippen LogP contribution in [0.3, 0.4) is 0 Å². The Morgan fingerprint density at radius 3 is 2.44 bits per heavy atom. The molecule has 0 spiro atoms. The minimum Gasteiger partial charge on any atom is -0.369 e. The summed E-state index contributed by atoms with van der Waals surface area (Å²) in [4.78, 5) is 31.8. The molecule has 2 amide bonds. The fourth-order valence-electron chi connectivity index (χ4n) is 4.43. The van der Waals surface area contributed by atoms with Crippen LogP contribution in [0.25, 0.3) is 10.2 Å². The first-order valence-corrected chi connectivity index (χ1v) is 13.0. The quantitative estimate of drug-likeness (QED) is 0.346. The third-order valence-corrected chi connectivity index (χ3v) is 7.66. The molecule has 0 unspecified atom stereocenters. The van der Waals surface area contributed by atoms with Gasteiger partial charge in [0.1, 0.15) is 4.83 Å². The number of fused-ring (bicyclic) bond motifs is 1. The number of amides is 2. The van der Waals surface area contributed by atoms with Crippen LogP contribution in [0.4, 0.5) is 11.5 Å². The number of hydrogen-bond donors (Lipinski definition) is 3. The molecule has 0 bridgehead atoms. The maximum absolute atomic E-state index is 13.0. The van der Waals surface area contributed by atoms with Crippen molar-refractivity contribution in [3.63, 3.8) is 0 Å². The summed E-state index contributed by atoms with van der Waals surface area (Å²) in [5, 5.41) is 13.9. The second-order valence-electron chi connectivity index (χ2n) is 9.06. The Labute approximate surface area is 214 Å². The number of H-pyrrole nitrogens is 1. The lowest BCUT2D eigenvalue weighted by atomic mass is 10.0. The van der Waals surface area contributed by atoms with Crippen LogP contribution < -0.4 is 15.5 Å². The predicted molar refractivity (Wildman–Crippen MR) is 145 cm³/mol. The number of piperazine rings is 1. The van der Waals surface area contributed by atoms with Gasteiger partial charge in [0.25, 0.3) is 11.8 Å². The molecule has 1 atom stereocenters. The van der Waals surface area contributed by atoms with Crippen LogP contribution in [0.15, 0.2) is 60.7 Å². The zero-order valence-corrected chi connectivity index (χ0v) is 21.3. The number of likely N-dealkylation sites (N-methyl/N-ethyl adjacent to an activating group) is 1. The number of carbonyl (C=O) groups is 2. The molecule has 1 saturated heterocycles. The van der Waals surface area contributed by atoms with Gasteiger partial charge in [0.05, 0.1) is 16.3 Å². The molecule has 0 saturated carbocycles. The van der Waals surface area contributed by atoms with Gasteiger partial charge in [-0.05, 0) is 49.4 Å². The molecule has 36 heavy (non-hydrogen) atoms. The van der Waals surface area contributed by atoms with E-state index in [0.717, 1.165) is 54.1 Å². The fourth-order valence-corrected chi connectivity index (χ4v) is 5.33. The van der Waals surface area contributed by atoms with Crippen molar-refractivity contribution in [1.82, 2.24) is 20.4 Å². The topological polar surface area (TPSA) is 93.4 Å². The van der Waals surface area contributed by atoms with Crippen molar-refractivity contribution < 1.29 is 9.59 Å². The van der Waals surface area contributed by atoms with Crippen molar-refractivity contribution in [3.05, 3.63) is 76.7 Å². The molecule has 186 valence electrons. The highest BCUT2D eigenvalue weighted by atomic mass is 32.1. The van der Waals surface area contributed by atoms with E-state index < -0.39 is 0 Å². The van der Waals surface area contributed by atoms with E-state index in [1.54, 1.807) is 6.07 Å². The molecule has 2 aromatic carbocycles. The lowest BCUT2D eigenvalue weighted by Gasteiger charge is -2.34. The van der Waals surface area contributed by atoms with Gasteiger partial charge in [0.2, 0.25) is 0 Å². The van der Waals surface area contributed by atoms with Crippen LogP contribution in [0.2, 0.25) is 0 Å². The molecule has 0 radical (unpaired) electrons. The van der Waals surface area contributed by atoms with Gasteiger partial charge in [-0.25, -0.2) is 0 Å². The van der Waals surface area contributed by atoms with Gasteiger partial charge < -0.3 is 20.4 Å². The van der Waals surface area contributed by atoms with Gasteiger partial charge in [0, 0.05) is 37.4 Å². The van der Waals surface area contributed by atoms with E-state index in [4.69, 9.17) is 0 Å². The first-order chi connectivity index (χ1) is 17.5. The van der Waals surface area contributed by atoms with E-state index in [2.05, 4.69) is 37.7 Å². The Kier molecular flexibility index (Phi) is 7.02. The van der Waals surface area contributed by atoms with Gasteiger partial charge in [-0.2, -0.15) is 5.10 Å². The smallest absolute Gasteiger partial charge is 0.261 e. The minimum atomic E-state index is -0.236. The highest BCUT2D eigenvalue weighted by molar-refractivity contribution is 7.20. The van der Waals surface area contributed by atoms with Crippen LogP contribution in [0, 0.1) is 0 Å². The SMILES string of the molecule is CC[C@@H](NC(=O)c1cc2c(NC(=O)c3ccc(N4CCN(C)CC4)cc3)n[nH]c2s1)c1ccccc1. The maximum atomic E-state index is 13.0.